The second kappa shape index (κ2) is 7.33. The fourth-order valence-electron chi connectivity index (χ4n) is 1.24. The third-order valence-electron chi connectivity index (χ3n) is 2.05. The summed E-state index contributed by atoms with van der Waals surface area (Å²) in [5, 5.41) is 9.79. The van der Waals surface area contributed by atoms with E-state index in [-0.39, 0.29) is 22.9 Å². The molecule has 20 heavy (non-hydrogen) atoms. The standard InChI is InChI=1S/C10H13NO7S2/c1-17-10(14)9-7(2-5-19-9)20(15,16)11-3-4-18-6-8(12)13/h2,5,11H,3-4,6H2,1H3,(H,12,13). The zero-order valence-corrected chi connectivity index (χ0v) is 12.1. The van der Waals surface area contributed by atoms with Crippen molar-refractivity contribution in [2.75, 3.05) is 26.9 Å². The summed E-state index contributed by atoms with van der Waals surface area (Å²) >= 11 is 0.954. The lowest BCUT2D eigenvalue weighted by Crippen LogP contribution is -2.28. The first-order valence-electron chi connectivity index (χ1n) is 5.33. The van der Waals surface area contributed by atoms with Crippen LogP contribution in [0.4, 0.5) is 0 Å². The van der Waals surface area contributed by atoms with E-state index in [1.807, 2.05) is 0 Å². The van der Waals surface area contributed by atoms with Crippen LogP contribution in [0.2, 0.25) is 0 Å². The predicted octanol–water partition coefficient (Wildman–Crippen LogP) is -0.0858. The van der Waals surface area contributed by atoms with Gasteiger partial charge in [-0.05, 0) is 11.4 Å². The molecule has 2 N–H and O–H groups in total. The molecular formula is C10H13NO7S2. The summed E-state index contributed by atoms with van der Waals surface area (Å²) in [6, 6.07) is 1.29. The number of ether oxygens (including phenoxy) is 2. The minimum absolute atomic E-state index is 0.0218. The highest BCUT2D eigenvalue weighted by Crippen LogP contribution is 2.22. The average Bonchev–Trinajstić information content (AvgIpc) is 2.87. The fourth-order valence-corrected chi connectivity index (χ4v) is 3.58. The van der Waals surface area contributed by atoms with Gasteiger partial charge in [0.1, 0.15) is 16.4 Å². The Hall–Kier alpha value is -1.49. The Bertz CT molecular complexity index is 578. The summed E-state index contributed by atoms with van der Waals surface area (Å²) in [5.41, 5.74) is 0. The number of aliphatic carboxylic acids is 1. The van der Waals surface area contributed by atoms with Crippen molar-refractivity contribution in [1.29, 1.82) is 0 Å². The van der Waals surface area contributed by atoms with E-state index in [9.17, 15) is 18.0 Å². The Morgan fingerprint density at radius 3 is 2.75 bits per heavy atom. The Labute approximate surface area is 119 Å². The van der Waals surface area contributed by atoms with Gasteiger partial charge in [0.05, 0.1) is 13.7 Å². The highest BCUT2D eigenvalue weighted by molar-refractivity contribution is 7.89. The van der Waals surface area contributed by atoms with Gasteiger partial charge in [-0.25, -0.2) is 22.7 Å². The van der Waals surface area contributed by atoms with Crippen molar-refractivity contribution in [3.8, 4) is 0 Å². The molecule has 0 fully saturated rings. The first kappa shape index (κ1) is 16.6. The zero-order chi connectivity index (χ0) is 15.2. The van der Waals surface area contributed by atoms with Crippen molar-refractivity contribution in [1.82, 2.24) is 4.72 Å². The molecule has 8 nitrogen and oxygen atoms in total. The van der Waals surface area contributed by atoms with Crippen molar-refractivity contribution in [3.63, 3.8) is 0 Å². The maximum Gasteiger partial charge on any atom is 0.349 e. The molecule has 0 saturated heterocycles. The highest BCUT2D eigenvalue weighted by atomic mass is 32.2. The van der Waals surface area contributed by atoms with E-state index in [0.29, 0.717) is 0 Å². The number of sulfonamides is 1. The van der Waals surface area contributed by atoms with Crippen LogP contribution in [0.5, 0.6) is 0 Å². The van der Waals surface area contributed by atoms with Crippen LogP contribution in [-0.4, -0.2) is 52.3 Å². The smallest absolute Gasteiger partial charge is 0.349 e. The number of rotatable bonds is 8. The topological polar surface area (TPSA) is 119 Å². The largest absolute Gasteiger partial charge is 0.480 e. The average molecular weight is 323 g/mol. The summed E-state index contributed by atoms with van der Waals surface area (Å²) in [6.45, 7) is -0.705. The summed E-state index contributed by atoms with van der Waals surface area (Å²) in [7, 11) is -2.71. The molecular weight excluding hydrogens is 310 g/mol. The van der Waals surface area contributed by atoms with Gasteiger partial charge in [0.2, 0.25) is 10.0 Å². The summed E-state index contributed by atoms with van der Waals surface area (Å²) < 4.78 is 35.3. The van der Waals surface area contributed by atoms with Gasteiger partial charge in [0, 0.05) is 6.54 Å². The maximum absolute atomic E-state index is 11.9. The van der Waals surface area contributed by atoms with Crippen LogP contribution in [0.1, 0.15) is 9.67 Å². The first-order chi connectivity index (χ1) is 9.38. The number of methoxy groups -OCH3 is 1. The van der Waals surface area contributed by atoms with E-state index in [1.54, 1.807) is 0 Å². The van der Waals surface area contributed by atoms with Gasteiger partial charge in [-0.1, -0.05) is 0 Å². The van der Waals surface area contributed by atoms with Crippen LogP contribution in [0.3, 0.4) is 0 Å². The number of thiophene rings is 1. The summed E-state index contributed by atoms with van der Waals surface area (Å²) in [4.78, 5) is 21.4. The van der Waals surface area contributed by atoms with E-state index in [2.05, 4.69) is 9.46 Å². The van der Waals surface area contributed by atoms with Crippen molar-refractivity contribution >= 4 is 33.3 Å². The van der Waals surface area contributed by atoms with Gasteiger partial charge in [-0.15, -0.1) is 11.3 Å². The lowest BCUT2D eigenvalue weighted by molar-refractivity contribution is -0.142. The molecule has 0 radical (unpaired) electrons. The second-order valence-corrected chi connectivity index (χ2v) is 6.10. The maximum atomic E-state index is 11.9. The van der Waals surface area contributed by atoms with Gasteiger partial charge in [-0.3, -0.25) is 0 Å². The minimum atomic E-state index is -3.87. The molecule has 0 aliphatic rings. The minimum Gasteiger partial charge on any atom is -0.480 e. The van der Waals surface area contributed by atoms with E-state index in [0.717, 1.165) is 18.4 Å². The van der Waals surface area contributed by atoms with Crippen LogP contribution in [-0.2, 0) is 24.3 Å². The number of hydrogen-bond donors (Lipinski definition) is 2. The van der Waals surface area contributed by atoms with Crippen LogP contribution < -0.4 is 4.72 Å². The lowest BCUT2D eigenvalue weighted by atomic mass is 10.5. The Balaban J connectivity index is 2.63. The molecule has 1 rings (SSSR count). The van der Waals surface area contributed by atoms with E-state index in [4.69, 9.17) is 9.84 Å². The van der Waals surface area contributed by atoms with Crippen molar-refractivity contribution in [2.24, 2.45) is 0 Å². The Kier molecular flexibility index (Phi) is 6.07. The molecule has 0 atom stereocenters. The van der Waals surface area contributed by atoms with Gasteiger partial charge in [0.25, 0.3) is 0 Å². The molecule has 0 unspecified atom stereocenters. The molecule has 0 aromatic carbocycles. The Morgan fingerprint density at radius 1 is 1.45 bits per heavy atom. The molecule has 0 bridgehead atoms. The predicted molar refractivity (Wildman–Crippen MR) is 69.3 cm³/mol. The van der Waals surface area contributed by atoms with Gasteiger partial charge in [0.15, 0.2) is 0 Å². The molecule has 10 heteroatoms. The number of carboxylic acids is 1. The quantitative estimate of drug-likeness (QED) is 0.507. The number of hydrogen-bond acceptors (Lipinski definition) is 7. The van der Waals surface area contributed by atoms with E-state index < -0.39 is 28.6 Å². The van der Waals surface area contributed by atoms with Gasteiger partial charge >= 0.3 is 11.9 Å². The molecule has 0 aliphatic carbocycles. The van der Waals surface area contributed by atoms with Crippen molar-refractivity contribution < 1.29 is 32.6 Å². The molecule has 112 valence electrons. The number of carbonyl (C=O) groups is 2. The number of esters is 1. The lowest BCUT2D eigenvalue weighted by Gasteiger charge is -2.07. The SMILES string of the molecule is COC(=O)c1sccc1S(=O)(=O)NCCOCC(=O)O. The first-order valence-corrected chi connectivity index (χ1v) is 7.69. The third-order valence-corrected chi connectivity index (χ3v) is 4.58. The van der Waals surface area contributed by atoms with Crippen molar-refractivity contribution in [3.05, 3.63) is 16.3 Å². The third kappa shape index (κ3) is 4.56. The number of carboxylic acid groups (broad SMARTS) is 1. The molecule has 0 spiro atoms. The Morgan fingerprint density at radius 2 is 2.15 bits per heavy atom. The molecule has 1 heterocycles. The molecule has 0 aliphatic heterocycles. The van der Waals surface area contributed by atoms with E-state index in [1.165, 1.54) is 11.4 Å². The summed E-state index contributed by atoms with van der Waals surface area (Å²) in [5.74, 6) is -1.87. The molecule has 0 amide bonds. The van der Waals surface area contributed by atoms with E-state index >= 15 is 0 Å². The van der Waals surface area contributed by atoms with Crippen LogP contribution in [0.15, 0.2) is 16.3 Å². The monoisotopic (exact) mass is 323 g/mol. The van der Waals surface area contributed by atoms with Gasteiger partial charge < -0.3 is 14.6 Å². The molecule has 1 aromatic rings. The van der Waals surface area contributed by atoms with Crippen LogP contribution in [0, 0.1) is 0 Å². The van der Waals surface area contributed by atoms with Gasteiger partial charge in [-0.2, -0.15) is 0 Å². The van der Waals surface area contributed by atoms with Crippen LogP contribution >= 0.6 is 11.3 Å². The number of carbonyl (C=O) groups excluding carboxylic acids is 1. The zero-order valence-electron chi connectivity index (χ0n) is 10.5. The second-order valence-electron chi connectivity index (χ2n) is 3.45. The number of nitrogens with one attached hydrogen (secondary N) is 1. The molecule has 1 aromatic heterocycles. The van der Waals surface area contributed by atoms with Crippen LogP contribution in [0.25, 0.3) is 0 Å². The normalized spacial score (nSPS) is 11.2. The fraction of sp³-hybridized carbons (Fsp3) is 0.400. The summed E-state index contributed by atoms with van der Waals surface area (Å²) in [6.07, 6.45) is 0. The van der Waals surface area contributed by atoms with Crippen molar-refractivity contribution in [2.45, 2.75) is 4.90 Å². The molecule has 0 saturated carbocycles. The highest BCUT2D eigenvalue weighted by Gasteiger charge is 2.24.